The van der Waals surface area contributed by atoms with Crippen LogP contribution in [0.25, 0.3) is 0 Å². The molecule has 0 heterocycles. The minimum Gasteiger partial charge on any atom is -0.493 e. The lowest BCUT2D eigenvalue weighted by atomic mass is 10.0. The fourth-order valence-electron chi connectivity index (χ4n) is 2.93. The van der Waals surface area contributed by atoms with Gasteiger partial charge in [0.1, 0.15) is 5.75 Å². The molecule has 0 aliphatic rings. The average molecular weight is 525 g/mol. The third kappa shape index (κ3) is 7.18. The zero-order chi connectivity index (χ0) is 24.5. The van der Waals surface area contributed by atoms with Gasteiger partial charge in [0.15, 0.2) is 18.1 Å². The van der Waals surface area contributed by atoms with Gasteiger partial charge in [-0.25, -0.2) is 10.2 Å². The van der Waals surface area contributed by atoms with Crippen molar-refractivity contribution < 1.29 is 23.8 Å². The van der Waals surface area contributed by atoms with Gasteiger partial charge in [-0.3, -0.25) is 4.79 Å². The monoisotopic (exact) mass is 524 g/mol. The first-order valence-electron chi connectivity index (χ1n) is 10.6. The number of methoxy groups -OCH3 is 1. The highest BCUT2D eigenvalue weighted by molar-refractivity contribution is 9.10. The van der Waals surface area contributed by atoms with Crippen molar-refractivity contribution in [3.05, 3.63) is 87.9 Å². The number of carbonyl (C=O) groups is 2. The Labute approximate surface area is 206 Å². The molecule has 0 saturated carbocycles. The second-order valence-electron chi connectivity index (χ2n) is 7.62. The van der Waals surface area contributed by atoms with Crippen LogP contribution in [0.2, 0.25) is 0 Å². The third-order valence-electron chi connectivity index (χ3n) is 4.77. The van der Waals surface area contributed by atoms with Crippen LogP contribution in [0.15, 0.2) is 76.3 Å². The average Bonchev–Trinajstić information content (AvgIpc) is 2.83. The van der Waals surface area contributed by atoms with Crippen LogP contribution >= 0.6 is 15.9 Å². The summed E-state index contributed by atoms with van der Waals surface area (Å²) >= 11 is 3.33. The highest BCUT2D eigenvalue weighted by Gasteiger charge is 2.13. The van der Waals surface area contributed by atoms with Crippen molar-refractivity contribution in [1.82, 2.24) is 5.43 Å². The summed E-state index contributed by atoms with van der Waals surface area (Å²) in [6.45, 7) is 4.06. The van der Waals surface area contributed by atoms with E-state index in [-0.39, 0.29) is 12.4 Å². The molecule has 1 N–H and O–H groups in total. The number of rotatable bonds is 9. The van der Waals surface area contributed by atoms with E-state index >= 15 is 0 Å². The van der Waals surface area contributed by atoms with E-state index in [2.05, 4.69) is 40.3 Å². The first-order valence-corrected chi connectivity index (χ1v) is 11.4. The molecule has 0 spiro atoms. The Bertz CT molecular complexity index is 1180. The van der Waals surface area contributed by atoms with Gasteiger partial charge in [0.2, 0.25) is 0 Å². The summed E-state index contributed by atoms with van der Waals surface area (Å²) in [6.07, 6.45) is 1.46. The lowest BCUT2D eigenvalue weighted by Crippen LogP contribution is -2.24. The van der Waals surface area contributed by atoms with Gasteiger partial charge >= 0.3 is 5.97 Å². The normalized spacial score (nSPS) is 10.9. The first kappa shape index (κ1) is 25.0. The van der Waals surface area contributed by atoms with Gasteiger partial charge in [-0.15, -0.1) is 0 Å². The summed E-state index contributed by atoms with van der Waals surface area (Å²) in [5.74, 6) is 0.763. The SMILES string of the molecule is COc1cc(C=NNC(=O)COc2ccc(C(C)C)cc2)ccc1OC(=O)c1cccc(Br)c1. The molecule has 0 aliphatic heterocycles. The number of amides is 1. The Morgan fingerprint density at radius 3 is 2.47 bits per heavy atom. The van der Waals surface area contributed by atoms with Gasteiger partial charge < -0.3 is 14.2 Å². The summed E-state index contributed by atoms with van der Waals surface area (Å²) in [7, 11) is 1.47. The van der Waals surface area contributed by atoms with Crippen LogP contribution in [-0.4, -0.2) is 31.8 Å². The molecule has 0 fully saturated rings. The molecular formula is C26H25BrN2O5. The van der Waals surface area contributed by atoms with Crippen molar-refractivity contribution in [2.45, 2.75) is 19.8 Å². The molecular weight excluding hydrogens is 500 g/mol. The standard InChI is InChI=1S/C26H25BrN2O5/c1-17(2)19-8-10-22(11-9-19)33-16-25(30)29-28-15-18-7-12-23(24(13-18)32-3)34-26(31)20-5-4-6-21(27)14-20/h4-15,17H,16H2,1-3H3,(H,29,30). The first-order chi connectivity index (χ1) is 16.4. The lowest BCUT2D eigenvalue weighted by Gasteiger charge is -2.10. The van der Waals surface area contributed by atoms with E-state index in [4.69, 9.17) is 14.2 Å². The van der Waals surface area contributed by atoms with Gasteiger partial charge in [-0.1, -0.05) is 48.0 Å². The zero-order valence-electron chi connectivity index (χ0n) is 19.1. The Kier molecular flexibility index (Phi) is 8.81. The van der Waals surface area contributed by atoms with E-state index in [0.29, 0.717) is 28.5 Å². The van der Waals surface area contributed by atoms with Gasteiger partial charge in [0.05, 0.1) is 18.9 Å². The summed E-state index contributed by atoms with van der Waals surface area (Å²) in [6, 6.07) is 19.5. The van der Waals surface area contributed by atoms with Crippen LogP contribution in [-0.2, 0) is 4.79 Å². The van der Waals surface area contributed by atoms with Crippen LogP contribution in [0.5, 0.6) is 17.2 Å². The second-order valence-corrected chi connectivity index (χ2v) is 8.53. The molecule has 3 aromatic rings. The molecule has 0 unspecified atom stereocenters. The fraction of sp³-hybridized carbons (Fsp3) is 0.192. The summed E-state index contributed by atoms with van der Waals surface area (Å²) in [4.78, 5) is 24.4. The summed E-state index contributed by atoms with van der Waals surface area (Å²) in [5, 5.41) is 3.94. The molecule has 8 heteroatoms. The Balaban J connectivity index is 1.54. The van der Waals surface area contributed by atoms with Crippen molar-refractivity contribution in [3.63, 3.8) is 0 Å². The highest BCUT2D eigenvalue weighted by Crippen LogP contribution is 2.28. The van der Waals surface area contributed by atoms with E-state index in [1.165, 1.54) is 18.9 Å². The van der Waals surface area contributed by atoms with Crippen molar-refractivity contribution in [2.75, 3.05) is 13.7 Å². The minimum atomic E-state index is -0.507. The minimum absolute atomic E-state index is 0.161. The molecule has 3 rings (SSSR count). The maximum absolute atomic E-state index is 12.4. The molecule has 0 radical (unpaired) electrons. The van der Waals surface area contributed by atoms with Crippen molar-refractivity contribution in [1.29, 1.82) is 0 Å². The molecule has 1 amide bonds. The van der Waals surface area contributed by atoms with Gasteiger partial charge in [-0.2, -0.15) is 5.10 Å². The molecule has 7 nitrogen and oxygen atoms in total. The van der Waals surface area contributed by atoms with Crippen LogP contribution in [0.1, 0.15) is 41.3 Å². The number of esters is 1. The second kappa shape index (κ2) is 12.0. The van der Waals surface area contributed by atoms with Crippen LogP contribution in [0.3, 0.4) is 0 Å². The Morgan fingerprint density at radius 1 is 1.03 bits per heavy atom. The summed E-state index contributed by atoms with van der Waals surface area (Å²) < 4.78 is 17.0. The molecule has 176 valence electrons. The molecule has 0 atom stereocenters. The predicted octanol–water partition coefficient (Wildman–Crippen LogP) is 5.33. The number of nitrogens with zero attached hydrogens (tertiary/aromatic N) is 1. The van der Waals surface area contributed by atoms with Crippen LogP contribution < -0.4 is 19.6 Å². The largest absolute Gasteiger partial charge is 0.493 e. The van der Waals surface area contributed by atoms with Crippen molar-refractivity contribution in [3.8, 4) is 17.2 Å². The predicted molar refractivity (Wildman–Crippen MR) is 134 cm³/mol. The quantitative estimate of drug-likeness (QED) is 0.177. The number of carbonyl (C=O) groups excluding carboxylic acids is 2. The Hall–Kier alpha value is -3.65. The molecule has 0 aliphatic carbocycles. The van der Waals surface area contributed by atoms with Crippen LogP contribution in [0.4, 0.5) is 0 Å². The molecule has 34 heavy (non-hydrogen) atoms. The maximum Gasteiger partial charge on any atom is 0.343 e. The number of hydrazone groups is 1. The number of benzene rings is 3. The van der Waals surface area contributed by atoms with Gasteiger partial charge in [0.25, 0.3) is 5.91 Å². The highest BCUT2D eigenvalue weighted by atomic mass is 79.9. The molecule has 0 bridgehead atoms. The number of nitrogens with one attached hydrogen (secondary N) is 1. The zero-order valence-corrected chi connectivity index (χ0v) is 20.7. The Morgan fingerprint density at radius 2 is 1.79 bits per heavy atom. The number of hydrogen-bond acceptors (Lipinski definition) is 6. The third-order valence-corrected chi connectivity index (χ3v) is 5.26. The lowest BCUT2D eigenvalue weighted by molar-refractivity contribution is -0.123. The summed E-state index contributed by atoms with van der Waals surface area (Å²) in [5.41, 5.74) is 4.67. The molecule has 3 aromatic carbocycles. The van der Waals surface area contributed by atoms with Crippen molar-refractivity contribution >= 4 is 34.0 Å². The van der Waals surface area contributed by atoms with E-state index in [9.17, 15) is 9.59 Å². The van der Waals surface area contributed by atoms with E-state index < -0.39 is 11.9 Å². The van der Waals surface area contributed by atoms with E-state index in [1.54, 1.807) is 36.4 Å². The number of ether oxygens (including phenoxy) is 3. The van der Waals surface area contributed by atoms with Gasteiger partial charge in [0, 0.05) is 4.47 Å². The maximum atomic E-state index is 12.4. The number of hydrogen-bond donors (Lipinski definition) is 1. The van der Waals surface area contributed by atoms with Gasteiger partial charge in [-0.05, 0) is 65.6 Å². The topological polar surface area (TPSA) is 86.2 Å². The fourth-order valence-corrected chi connectivity index (χ4v) is 3.33. The smallest absolute Gasteiger partial charge is 0.343 e. The van der Waals surface area contributed by atoms with E-state index in [0.717, 1.165) is 4.47 Å². The molecule has 0 aromatic heterocycles. The van der Waals surface area contributed by atoms with E-state index in [1.807, 2.05) is 30.3 Å². The molecule has 0 saturated heterocycles. The van der Waals surface area contributed by atoms with Crippen LogP contribution in [0, 0.1) is 0 Å². The number of halogens is 1. The van der Waals surface area contributed by atoms with Crippen molar-refractivity contribution in [2.24, 2.45) is 5.10 Å².